The standard InChI is InChI=1S/C42H51B3FN7O3/c1-6-33-31(13-10-16-47-33)27(4)51-18-20-55-41-35-39(49-42(50-40(35)51)56-24-30-15-14-29-23-54-19-17-52(29)30)37(46)38(48-41)32-21-34(36(43)26(3)25(32)2)53(44)45(5)22-28-11-8-7-9-12-28/h7-13,16,21,27,29-30H,6,14-15,17-20,22-24,43-44H2,1-5H3/t27?,29?,30-/m0/s1. The molecule has 0 spiro atoms. The highest BCUT2D eigenvalue weighted by Gasteiger charge is 2.37. The van der Waals surface area contributed by atoms with Gasteiger partial charge in [-0.05, 0) is 69.6 Å². The summed E-state index contributed by atoms with van der Waals surface area (Å²) in [5.41, 5.74) is 8.69. The van der Waals surface area contributed by atoms with E-state index < -0.39 is 5.82 Å². The highest BCUT2D eigenvalue weighted by atomic mass is 19.1. The number of pyridine rings is 2. The minimum Gasteiger partial charge on any atom is -0.475 e. The lowest BCUT2D eigenvalue weighted by molar-refractivity contribution is -0.0101. The maximum absolute atomic E-state index is 17.6. The number of nitrogens with zero attached hydrogens (tertiary/aromatic N) is 7. The van der Waals surface area contributed by atoms with Crippen LogP contribution >= 0.6 is 0 Å². The van der Waals surface area contributed by atoms with Gasteiger partial charge in [0.2, 0.25) is 20.7 Å². The van der Waals surface area contributed by atoms with E-state index in [1.807, 2.05) is 25.3 Å². The molecule has 14 heteroatoms. The van der Waals surface area contributed by atoms with Gasteiger partial charge in [0.15, 0.2) is 5.82 Å². The topological polar surface area (TPSA) is 89.0 Å². The van der Waals surface area contributed by atoms with Crippen molar-refractivity contribution in [2.75, 3.05) is 49.1 Å². The van der Waals surface area contributed by atoms with Crippen LogP contribution in [-0.4, -0.2) is 99.1 Å². The summed E-state index contributed by atoms with van der Waals surface area (Å²) in [5, 5.41) is 0.453. The zero-order valence-corrected chi connectivity index (χ0v) is 33.8. The number of hydrogen-bond acceptors (Lipinski definition) is 10. The van der Waals surface area contributed by atoms with Crippen molar-refractivity contribution in [3.05, 3.63) is 88.5 Å². The molecule has 0 amide bonds. The molecule has 0 N–H and O–H groups in total. The van der Waals surface area contributed by atoms with E-state index in [-0.39, 0.29) is 36.2 Å². The molecular weight excluding hydrogens is 702 g/mol. The van der Waals surface area contributed by atoms with E-state index in [1.165, 1.54) is 5.56 Å². The van der Waals surface area contributed by atoms with E-state index in [4.69, 9.17) is 29.2 Å². The van der Waals surface area contributed by atoms with Gasteiger partial charge in [0.1, 0.15) is 43.5 Å². The Morgan fingerprint density at radius 3 is 2.68 bits per heavy atom. The summed E-state index contributed by atoms with van der Waals surface area (Å²) in [6.45, 7) is 14.4. The number of fused-ring (bicyclic) bond motifs is 1. The van der Waals surface area contributed by atoms with Gasteiger partial charge in [-0.15, -0.1) is 0 Å². The van der Waals surface area contributed by atoms with Crippen LogP contribution in [0.25, 0.3) is 22.2 Å². The Labute approximate surface area is 332 Å². The van der Waals surface area contributed by atoms with E-state index in [1.54, 1.807) is 0 Å². The zero-order valence-electron chi connectivity index (χ0n) is 33.8. The number of rotatable bonds is 11. The van der Waals surface area contributed by atoms with E-state index in [0.717, 1.165) is 78.9 Å². The molecule has 56 heavy (non-hydrogen) atoms. The molecule has 3 aromatic heterocycles. The SMILES string of the molecule is Bc1c(N(B)B(C)Cc2ccccc2)cc(-c2nc3c4c(nc(OC[C@@H]5CCC6COCCN65)nc4c2F)N(C(C)c2cccnc2CC)CCO3)c(C)c1C. The van der Waals surface area contributed by atoms with Crippen molar-refractivity contribution in [3.63, 3.8) is 0 Å². The van der Waals surface area contributed by atoms with Gasteiger partial charge < -0.3 is 23.8 Å². The maximum atomic E-state index is 17.6. The van der Waals surface area contributed by atoms with Gasteiger partial charge in [-0.2, -0.15) is 9.97 Å². The summed E-state index contributed by atoms with van der Waals surface area (Å²) in [5.74, 6) is 0.361. The van der Waals surface area contributed by atoms with Gasteiger partial charge in [0.05, 0.1) is 25.8 Å². The summed E-state index contributed by atoms with van der Waals surface area (Å²) in [6, 6.07) is 17.3. The molecule has 2 unspecified atom stereocenters. The quantitative estimate of drug-likeness (QED) is 0.178. The fraction of sp³-hybridized carbons (Fsp3) is 0.429. The van der Waals surface area contributed by atoms with Crippen LogP contribution in [0.4, 0.5) is 15.9 Å². The molecule has 5 aromatic rings. The highest BCUT2D eigenvalue weighted by molar-refractivity contribution is 6.70. The number of aromatic nitrogens is 4. The minimum absolute atomic E-state index is 0.135. The molecule has 0 aliphatic carbocycles. The molecule has 6 heterocycles. The van der Waals surface area contributed by atoms with Crippen LogP contribution < -0.4 is 24.6 Å². The smallest absolute Gasteiger partial charge is 0.319 e. The first-order valence-electron chi connectivity index (χ1n) is 20.2. The number of halogens is 1. The average Bonchev–Trinajstić information content (AvgIpc) is 3.55. The Bertz CT molecular complexity index is 2230. The first kappa shape index (κ1) is 38.2. The Morgan fingerprint density at radius 2 is 1.88 bits per heavy atom. The molecule has 3 aliphatic heterocycles. The number of benzene rings is 2. The van der Waals surface area contributed by atoms with Crippen molar-refractivity contribution in [1.29, 1.82) is 0 Å². The first-order chi connectivity index (χ1) is 27.1. The molecule has 3 atom stereocenters. The van der Waals surface area contributed by atoms with Gasteiger partial charge in [-0.1, -0.05) is 66.7 Å². The Hall–Kier alpha value is -4.68. The van der Waals surface area contributed by atoms with Crippen LogP contribution in [0, 0.1) is 19.7 Å². The van der Waals surface area contributed by atoms with Crippen LogP contribution in [0.3, 0.4) is 0 Å². The third kappa shape index (κ3) is 7.11. The van der Waals surface area contributed by atoms with Crippen molar-refractivity contribution in [2.24, 2.45) is 0 Å². The molecule has 0 saturated carbocycles. The number of hydrogen-bond donors (Lipinski definition) is 0. The van der Waals surface area contributed by atoms with Gasteiger partial charge in [0.25, 0.3) is 0 Å². The summed E-state index contributed by atoms with van der Waals surface area (Å²) in [6.07, 6.45) is 5.57. The Morgan fingerprint density at radius 1 is 1.05 bits per heavy atom. The predicted octanol–water partition coefficient (Wildman–Crippen LogP) is 4.62. The van der Waals surface area contributed by atoms with Crippen molar-refractivity contribution in [3.8, 4) is 23.1 Å². The molecule has 8 rings (SSSR count). The van der Waals surface area contributed by atoms with Crippen molar-refractivity contribution >= 4 is 50.5 Å². The molecular formula is C42H51B3FN7O3. The molecule has 2 saturated heterocycles. The van der Waals surface area contributed by atoms with Crippen molar-refractivity contribution in [2.45, 2.75) is 78.2 Å². The number of ether oxygens (including phenoxy) is 3. The normalized spacial score (nSPS) is 18.6. The van der Waals surface area contributed by atoms with Crippen LogP contribution in [0.15, 0.2) is 54.7 Å². The van der Waals surface area contributed by atoms with Crippen LogP contribution in [0.2, 0.25) is 6.82 Å². The fourth-order valence-electron chi connectivity index (χ4n) is 8.94. The summed E-state index contributed by atoms with van der Waals surface area (Å²) < 4.78 is 38.5. The predicted molar refractivity (Wildman–Crippen MR) is 228 cm³/mol. The van der Waals surface area contributed by atoms with Crippen molar-refractivity contribution in [1.82, 2.24) is 24.8 Å². The largest absolute Gasteiger partial charge is 0.475 e. The minimum atomic E-state index is -0.516. The molecule has 2 aromatic carbocycles. The second-order valence-corrected chi connectivity index (χ2v) is 15.7. The third-order valence-corrected chi connectivity index (χ3v) is 12.6. The second kappa shape index (κ2) is 16.1. The third-order valence-electron chi connectivity index (χ3n) is 12.6. The lowest BCUT2D eigenvalue weighted by Crippen LogP contribution is -2.46. The molecule has 2 fully saturated rings. The molecule has 288 valence electrons. The van der Waals surface area contributed by atoms with Gasteiger partial charge in [-0.25, -0.2) is 9.37 Å². The van der Waals surface area contributed by atoms with Gasteiger partial charge in [0, 0.05) is 41.8 Å². The highest BCUT2D eigenvalue weighted by Crippen LogP contribution is 2.43. The molecule has 3 aliphatic rings. The van der Waals surface area contributed by atoms with Crippen LogP contribution in [-0.2, 0) is 17.5 Å². The lowest BCUT2D eigenvalue weighted by atomic mass is 9.55. The Balaban J connectivity index is 1.24. The van der Waals surface area contributed by atoms with E-state index in [0.29, 0.717) is 48.4 Å². The molecule has 0 bridgehead atoms. The van der Waals surface area contributed by atoms with Crippen LogP contribution in [0.1, 0.15) is 60.7 Å². The van der Waals surface area contributed by atoms with Gasteiger partial charge >= 0.3 is 6.01 Å². The first-order valence-corrected chi connectivity index (χ1v) is 20.2. The average molecular weight is 753 g/mol. The van der Waals surface area contributed by atoms with E-state index >= 15 is 4.39 Å². The Kier molecular flexibility index (Phi) is 11.0. The van der Waals surface area contributed by atoms with E-state index in [9.17, 15) is 0 Å². The summed E-state index contributed by atoms with van der Waals surface area (Å²) in [7, 11) is 4.26. The fourth-order valence-corrected chi connectivity index (χ4v) is 8.94. The maximum Gasteiger partial charge on any atom is 0.319 e. The summed E-state index contributed by atoms with van der Waals surface area (Å²) >= 11 is 0. The number of anilines is 2. The van der Waals surface area contributed by atoms with Crippen LogP contribution in [0.5, 0.6) is 11.9 Å². The molecule has 0 radical (unpaired) electrons. The van der Waals surface area contributed by atoms with E-state index in [2.05, 4.69) is 99.3 Å². The zero-order chi connectivity index (χ0) is 39.1. The lowest BCUT2D eigenvalue weighted by Gasteiger charge is -2.33. The summed E-state index contributed by atoms with van der Waals surface area (Å²) in [4.78, 5) is 24.2. The number of aryl methyl sites for hydroxylation is 1. The van der Waals surface area contributed by atoms with Crippen molar-refractivity contribution < 1.29 is 18.6 Å². The molecule has 10 nitrogen and oxygen atoms in total. The second-order valence-electron chi connectivity index (χ2n) is 15.7. The van der Waals surface area contributed by atoms with Gasteiger partial charge in [-0.3, -0.25) is 9.88 Å². The number of morpholine rings is 1. The monoisotopic (exact) mass is 753 g/mol.